The van der Waals surface area contributed by atoms with Crippen molar-refractivity contribution in [3.8, 4) is 0 Å². The maximum Gasteiger partial charge on any atom is 0.327 e. The number of carboxylic acids is 1. The summed E-state index contributed by atoms with van der Waals surface area (Å²) in [6.45, 7) is 4.03. The van der Waals surface area contributed by atoms with Crippen molar-refractivity contribution in [3.05, 3.63) is 0 Å². The van der Waals surface area contributed by atoms with Crippen LogP contribution in [0.4, 0.5) is 4.79 Å². The third-order valence-electron chi connectivity index (χ3n) is 2.38. The van der Waals surface area contributed by atoms with Crippen LogP contribution in [0.15, 0.2) is 0 Å². The van der Waals surface area contributed by atoms with Crippen LogP contribution in [0.2, 0.25) is 0 Å². The molecular formula is C10H18N2O4S. The monoisotopic (exact) mass is 262 g/mol. The first-order chi connectivity index (χ1) is 7.87. The molecule has 0 radical (unpaired) electrons. The zero-order chi connectivity index (χ0) is 13.1. The van der Waals surface area contributed by atoms with Crippen molar-refractivity contribution in [2.45, 2.75) is 25.4 Å². The second kappa shape index (κ2) is 5.59. The molecule has 1 rings (SSSR count). The number of nitrogens with one attached hydrogen (secondary N) is 1. The average Bonchev–Trinajstić information content (AvgIpc) is 2.64. The Hall–Kier alpha value is -0.950. The van der Waals surface area contributed by atoms with Gasteiger partial charge in [-0.15, -0.1) is 11.8 Å². The highest BCUT2D eigenvalue weighted by Gasteiger charge is 2.36. The standard InChI is InChI=1S/C10H18N2O4S/c1-10(2,5-16-3)11-9(15)12-6-17-4-7(12)8(13)14/h7H,4-6H2,1-3H3,(H,11,15)(H,13,14). The Morgan fingerprint density at radius 2 is 2.24 bits per heavy atom. The Morgan fingerprint density at radius 1 is 1.59 bits per heavy atom. The van der Waals surface area contributed by atoms with E-state index in [9.17, 15) is 9.59 Å². The number of urea groups is 1. The minimum absolute atomic E-state index is 0.357. The van der Waals surface area contributed by atoms with E-state index in [1.165, 1.54) is 16.7 Å². The first-order valence-electron chi connectivity index (χ1n) is 5.25. The molecule has 1 aliphatic heterocycles. The molecule has 1 heterocycles. The molecule has 2 amide bonds. The average molecular weight is 262 g/mol. The molecule has 1 unspecified atom stereocenters. The van der Waals surface area contributed by atoms with Gasteiger partial charge in [0.2, 0.25) is 0 Å². The van der Waals surface area contributed by atoms with E-state index < -0.39 is 17.6 Å². The molecule has 7 heteroatoms. The number of ether oxygens (including phenoxy) is 1. The fourth-order valence-electron chi connectivity index (χ4n) is 1.61. The van der Waals surface area contributed by atoms with E-state index in [0.717, 1.165) is 0 Å². The summed E-state index contributed by atoms with van der Waals surface area (Å²) in [6.07, 6.45) is 0. The zero-order valence-electron chi connectivity index (χ0n) is 10.2. The molecule has 1 fully saturated rings. The van der Waals surface area contributed by atoms with Crippen LogP contribution in [0.1, 0.15) is 13.8 Å². The number of amides is 2. The number of nitrogens with zero attached hydrogens (tertiary/aromatic N) is 1. The van der Waals surface area contributed by atoms with Gasteiger partial charge in [-0.05, 0) is 13.8 Å². The van der Waals surface area contributed by atoms with Crippen molar-refractivity contribution in [2.24, 2.45) is 0 Å². The minimum Gasteiger partial charge on any atom is -0.480 e. The largest absolute Gasteiger partial charge is 0.480 e. The Balaban J connectivity index is 2.61. The summed E-state index contributed by atoms with van der Waals surface area (Å²) in [4.78, 5) is 24.2. The lowest BCUT2D eigenvalue weighted by molar-refractivity contribution is -0.140. The topological polar surface area (TPSA) is 78.9 Å². The third kappa shape index (κ3) is 3.78. The van der Waals surface area contributed by atoms with Crippen LogP contribution in [0, 0.1) is 0 Å². The number of hydrogen-bond donors (Lipinski definition) is 2. The van der Waals surface area contributed by atoms with Crippen LogP contribution >= 0.6 is 11.8 Å². The number of carbonyl (C=O) groups excluding carboxylic acids is 1. The van der Waals surface area contributed by atoms with E-state index in [2.05, 4.69) is 5.32 Å². The summed E-state index contributed by atoms with van der Waals surface area (Å²) >= 11 is 1.44. The highest BCUT2D eigenvalue weighted by Crippen LogP contribution is 2.21. The van der Waals surface area contributed by atoms with Crippen molar-refractivity contribution >= 4 is 23.8 Å². The van der Waals surface area contributed by atoms with Crippen molar-refractivity contribution in [3.63, 3.8) is 0 Å². The van der Waals surface area contributed by atoms with Gasteiger partial charge in [0, 0.05) is 12.9 Å². The molecule has 0 aromatic rings. The Kier molecular flexibility index (Phi) is 4.64. The van der Waals surface area contributed by atoms with E-state index in [1.54, 1.807) is 7.11 Å². The highest BCUT2D eigenvalue weighted by molar-refractivity contribution is 7.99. The van der Waals surface area contributed by atoms with Crippen LogP contribution in [-0.2, 0) is 9.53 Å². The molecule has 2 N–H and O–H groups in total. The summed E-state index contributed by atoms with van der Waals surface area (Å²) in [5.41, 5.74) is -0.512. The van der Waals surface area contributed by atoms with Crippen LogP contribution in [-0.4, -0.2) is 58.9 Å². The van der Waals surface area contributed by atoms with Crippen LogP contribution in [0.25, 0.3) is 0 Å². The molecule has 17 heavy (non-hydrogen) atoms. The Morgan fingerprint density at radius 3 is 2.76 bits per heavy atom. The van der Waals surface area contributed by atoms with Crippen LogP contribution in [0.5, 0.6) is 0 Å². The second-order valence-electron chi connectivity index (χ2n) is 4.57. The smallest absolute Gasteiger partial charge is 0.327 e. The molecule has 0 aromatic carbocycles. The van der Waals surface area contributed by atoms with Gasteiger partial charge in [0.25, 0.3) is 0 Å². The molecule has 1 saturated heterocycles. The van der Waals surface area contributed by atoms with Crippen molar-refractivity contribution in [2.75, 3.05) is 25.3 Å². The number of rotatable bonds is 4. The van der Waals surface area contributed by atoms with Crippen molar-refractivity contribution in [1.82, 2.24) is 10.2 Å². The van der Waals surface area contributed by atoms with Gasteiger partial charge in [0.1, 0.15) is 6.04 Å². The van der Waals surface area contributed by atoms with Crippen LogP contribution in [0.3, 0.4) is 0 Å². The molecule has 1 atom stereocenters. The minimum atomic E-state index is -0.963. The molecule has 0 bridgehead atoms. The summed E-state index contributed by atoms with van der Waals surface area (Å²) < 4.78 is 4.99. The first-order valence-corrected chi connectivity index (χ1v) is 6.41. The van der Waals surface area contributed by atoms with Gasteiger partial charge in [-0.1, -0.05) is 0 Å². The zero-order valence-corrected chi connectivity index (χ0v) is 11.0. The molecule has 98 valence electrons. The molecular weight excluding hydrogens is 244 g/mol. The quantitative estimate of drug-likeness (QED) is 0.775. The lowest BCUT2D eigenvalue weighted by Gasteiger charge is -2.29. The van der Waals surface area contributed by atoms with E-state index in [-0.39, 0.29) is 6.03 Å². The molecule has 0 aromatic heterocycles. The maximum atomic E-state index is 11.9. The lowest BCUT2D eigenvalue weighted by Crippen LogP contribution is -2.54. The molecule has 0 aliphatic carbocycles. The number of aliphatic carboxylic acids is 1. The number of carboxylic acid groups (broad SMARTS) is 1. The van der Waals surface area contributed by atoms with Gasteiger partial charge in [0.15, 0.2) is 0 Å². The fourth-order valence-corrected chi connectivity index (χ4v) is 2.75. The Labute approximate surface area is 105 Å². The van der Waals surface area contributed by atoms with Crippen LogP contribution < -0.4 is 5.32 Å². The maximum absolute atomic E-state index is 11.9. The fraction of sp³-hybridized carbons (Fsp3) is 0.800. The van der Waals surface area contributed by atoms with E-state index in [4.69, 9.17) is 9.84 Å². The van der Waals surface area contributed by atoms with E-state index in [1.807, 2.05) is 13.8 Å². The van der Waals surface area contributed by atoms with Gasteiger partial charge < -0.3 is 20.1 Å². The van der Waals surface area contributed by atoms with Crippen molar-refractivity contribution < 1.29 is 19.4 Å². The van der Waals surface area contributed by atoms with Gasteiger partial charge in [-0.2, -0.15) is 0 Å². The van der Waals surface area contributed by atoms with Crippen molar-refractivity contribution in [1.29, 1.82) is 0 Å². The normalized spacial score (nSPS) is 20.4. The highest BCUT2D eigenvalue weighted by atomic mass is 32.2. The number of hydrogen-bond acceptors (Lipinski definition) is 4. The van der Waals surface area contributed by atoms with Gasteiger partial charge in [-0.25, -0.2) is 9.59 Å². The van der Waals surface area contributed by atoms with Gasteiger partial charge in [-0.3, -0.25) is 0 Å². The van der Waals surface area contributed by atoms with Gasteiger partial charge >= 0.3 is 12.0 Å². The SMILES string of the molecule is COCC(C)(C)NC(=O)N1CSCC1C(=O)O. The summed E-state index contributed by atoms with van der Waals surface area (Å²) in [5.74, 6) is -0.117. The summed E-state index contributed by atoms with van der Waals surface area (Å²) in [7, 11) is 1.56. The summed E-state index contributed by atoms with van der Waals surface area (Å²) in [6, 6.07) is -1.09. The predicted molar refractivity (Wildman–Crippen MR) is 65.1 cm³/mol. The third-order valence-corrected chi connectivity index (χ3v) is 3.39. The summed E-state index contributed by atoms with van der Waals surface area (Å²) in [5, 5.41) is 11.7. The number of methoxy groups -OCH3 is 1. The lowest BCUT2D eigenvalue weighted by atomic mass is 10.1. The number of carbonyl (C=O) groups is 2. The molecule has 0 spiro atoms. The Bertz CT molecular complexity index is 309. The number of thioether (sulfide) groups is 1. The molecule has 0 saturated carbocycles. The first kappa shape index (κ1) is 14.1. The van der Waals surface area contributed by atoms with E-state index in [0.29, 0.717) is 18.2 Å². The predicted octanol–water partition coefficient (Wildman–Crippen LogP) is 0.581. The van der Waals surface area contributed by atoms with E-state index >= 15 is 0 Å². The van der Waals surface area contributed by atoms with Gasteiger partial charge in [0.05, 0.1) is 18.0 Å². The molecule has 1 aliphatic rings. The molecule has 6 nitrogen and oxygen atoms in total. The second-order valence-corrected chi connectivity index (χ2v) is 5.57.